The number of halogens is 1. The average Bonchev–Trinajstić information content (AvgIpc) is 3.09. The molecule has 0 saturated carbocycles. The third-order valence-corrected chi connectivity index (χ3v) is 3.78. The Bertz CT molecular complexity index is 825. The standard InChI is InChI=1S/C15H16FN5O5/c16-9-2-1-8-5-11(10(8)6-9)18-14(19-24)13-15(21-26-20-13)25-7-12(23)17-3-4-22/h1-2,6,11,22,24H,3-5,7H2,(H,17,23)(H,18,19)/t11-/m0/s1. The van der Waals surface area contributed by atoms with Gasteiger partial charge in [0.05, 0.1) is 12.6 Å². The second-order valence-electron chi connectivity index (χ2n) is 5.47. The number of amidine groups is 1. The summed E-state index contributed by atoms with van der Waals surface area (Å²) in [6.07, 6.45) is 0.611. The summed E-state index contributed by atoms with van der Waals surface area (Å²) >= 11 is 0. The van der Waals surface area contributed by atoms with Gasteiger partial charge in [0.15, 0.2) is 6.61 Å². The van der Waals surface area contributed by atoms with Gasteiger partial charge < -0.3 is 25.7 Å². The number of fused-ring (bicyclic) bond motifs is 1. The summed E-state index contributed by atoms with van der Waals surface area (Å²) in [7, 11) is 0. The highest BCUT2D eigenvalue weighted by Gasteiger charge is 2.30. The van der Waals surface area contributed by atoms with Crippen molar-refractivity contribution in [3.8, 4) is 5.88 Å². The van der Waals surface area contributed by atoms with Gasteiger partial charge in [-0.2, -0.15) is 0 Å². The zero-order chi connectivity index (χ0) is 18.5. The first-order valence-corrected chi connectivity index (χ1v) is 7.72. The molecule has 4 N–H and O–H groups in total. The number of hydrogen-bond acceptors (Lipinski definition) is 8. The van der Waals surface area contributed by atoms with Crippen LogP contribution in [-0.4, -0.2) is 52.1 Å². The molecule has 0 aliphatic heterocycles. The second kappa shape index (κ2) is 7.78. The summed E-state index contributed by atoms with van der Waals surface area (Å²) in [6, 6.07) is 4.19. The van der Waals surface area contributed by atoms with E-state index in [1.165, 1.54) is 12.1 Å². The van der Waals surface area contributed by atoms with E-state index in [4.69, 9.17) is 9.84 Å². The summed E-state index contributed by atoms with van der Waals surface area (Å²) in [5.74, 6) is -1.08. The Hall–Kier alpha value is -3.21. The normalized spacial score (nSPS) is 15.8. The number of aliphatic hydroxyl groups excluding tert-OH is 1. The molecule has 10 nitrogen and oxygen atoms in total. The van der Waals surface area contributed by atoms with Crippen molar-refractivity contribution in [3.63, 3.8) is 0 Å². The van der Waals surface area contributed by atoms with Crippen molar-refractivity contribution >= 4 is 11.7 Å². The number of amides is 1. The van der Waals surface area contributed by atoms with Gasteiger partial charge in [0, 0.05) is 6.54 Å². The lowest BCUT2D eigenvalue weighted by atomic mass is 9.83. The molecule has 11 heteroatoms. The first-order valence-electron chi connectivity index (χ1n) is 7.72. The van der Waals surface area contributed by atoms with Crippen LogP contribution in [0.2, 0.25) is 0 Å². The molecule has 0 saturated heterocycles. The van der Waals surface area contributed by atoms with Gasteiger partial charge in [-0.25, -0.2) is 9.02 Å². The van der Waals surface area contributed by atoms with Crippen LogP contribution < -0.4 is 15.4 Å². The number of nitrogens with zero attached hydrogens (tertiary/aromatic N) is 3. The quantitative estimate of drug-likeness (QED) is 0.227. The average molecular weight is 365 g/mol. The SMILES string of the molecule is O=C(COc1nonc1/C(=N/O)N[C@H]1Cc2ccc(F)cc21)NCCO. The summed E-state index contributed by atoms with van der Waals surface area (Å²) in [5.41, 5.74) is 1.69. The number of benzene rings is 1. The number of ether oxygens (including phenoxy) is 1. The smallest absolute Gasteiger partial charge is 0.287 e. The Labute approximate surface area is 146 Å². The van der Waals surface area contributed by atoms with Gasteiger partial charge in [0.1, 0.15) is 5.82 Å². The Morgan fingerprint density at radius 2 is 2.31 bits per heavy atom. The lowest BCUT2D eigenvalue weighted by molar-refractivity contribution is -0.123. The molecule has 0 spiro atoms. The minimum Gasteiger partial charge on any atom is -0.464 e. The third-order valence-electron chi connectivity index (χ3n) is 3.78. The van der Waals surface area contributed by atoms with Gasteiger partial charge in [0.25, 0.3) is 11.8 Å². The largest absolute Gasteiger partial charge is 0.464 e. The second-order valence-corrected chi connectivity index (χ2v) is 5.47. The number of aromatic nitrogens is 2. The van der Waals surface area contributed by atoms with Crippen molar-refractivity contribution in [2.75, 3.05) is 19.8 Å². The van der Waals surface area contributed by atoms with Crippen molar-refractivity contribution in [3.05, 3.63) is 40.8 Å². The van der Waals surface area contributed by atoms with Gasteiger partial charge in [-0.1, -0.05) is 11.2 Å². The molecular weight excluding hydrogens is 349 g/mol. The highest BCUT2D eigenvalue weighted by atomic mass is 19.1. The molecule has 3 rings (SSSR count). The molecule has 0 unspecified atom stereocenters. The molecule has 26 heavy (non-hydrogen) atoms. The van der Waals surface area contributed by atoms with Crippen molar-refractivity contribution in [1.82, 2.24) is 20.9 Å². The summed E-state index contributed by atoms with van der Waals surface area (Å²) < 4.78 is 23.1. The highest BCUT2D eigenvalue weighted by Crippen LogP contribution is 2.33. The Morgan fingerprint density at radius 1 is 1.46 bits per heavy atom. The number of carbonyl (C=O) groups excluding carboxylic acids is 1. The van der Waals surface area contributed by atoms with Crippen LogP contribution in [0.5, 0.6) is 5.88 Å². The topological polar surface area (TPSA) is 142 Å². The maximum absolute atomic E-state index is 13.4. The number of oxime groups is 1. The number of nitrogens with one attached hydrogen (secondary N) is 2. The van der Waals surface area contributed by atoms with Crippen LogP contribution >= 0.6 is 0 Å². The van der Waals surface area contributed by atoms with E-state index in [1.54, 1.807) is 6.07 Å². The zero-order valence-corrected chi connectivity index (χ0v) is 13.5. The molecule has 1 aliphatic rings. The predicted molar refractivity (Wildman–Crippen MR) is 84.2 cm³/mol. The van der Waals surface area contributed by atoms with E-state index in [-0.39, 0.29) is 42.4 Å². The van der Waals surface area contributed by atoms with Gasteiger partial charge in [0.2, 0.25) is 11.5 Å². The van der Waals surface area contributed by atoms with Crippen molar-refractivity contribution in [2.45, 2.75) is 12.5 Å². The molecule has 1 aromatic carbocycles. The van der Waals surface area contributed by atoms with Crippen LogP contribution in [0.25, 0.3) is 0 Å². The van der Waals surface area contributed by atoms with Gasteiger partial charge in [-0.3, -0.25) is 4.79 Å². The molecule has 0 radical (unpaired) electrons. The van der Waals surface area contributed by atoms with Crippen LogP contribution in [-0.2, 0) is 11.2 Å². The number of rotatable bonds is 7. The van der Waals surface area contributed by atoms with Crippen LogP contribution in [0, 0.1) is 5.82 Å². The monoisotopic (exact) mass is 365 g/mol. The lowest BCUT2D eigenvalue weighted by Gasteiger charge is -2.31. The van der Waals surface area contributed by atoms with E-state index in [0.717, 1.165) is 11.1 Å². The van der Waals surface area contributed by atoms with Crippen molar-refractivity contribution < 1.29 is 28.9 Å². The summed E-state index contributed by atoms with van der Waals surface area (Å²) in [4.78, 5) is 11.5. The molecule has 0 bridgehead atoms. The Kier molecular flexibility index (Phi) is 5.27. The Morgan fingerprint density at radius 3 is 3.08 bits per heavy atom. The fourth-order valence-corrected chi connectivity index (χ4v) is 2.51. The lowest BCUT2D eigenvalue weighted by Crippen LogP contribution is -2.37. The van der Waals surface area contributed by atoms with Gasteiger partial charge >= 0.3 is 0 Å². The fourth-order valence-electron chi connectivity index (χ4n) is 2.51. The first-order chi connectivity index (χ1) is 12.6. The minimum atomic E-state index is -0.480. The maximum Gasteiger partial charge on any atom is 0.287 e. The summed E-state index contributed by atoms with van der Waals surface area (Å²) in [5, 5.41) is 33.5. The molecule has 1 aromatic heterocycles. The third kappa shape index (κ3) is 3.72. The molecule has 1 aliphatic carbocycles. The Balaban J connectivity index is 1.65. The van der Waals surface area contributed by atoms with Gasteiger partial charge in [-0.05, 0) is 40.0 Å². The number of aliphatic hydroxyl groups is 1. The zero-order valence-electron chi connectivity index (χ0n) is 13.5. The number of carbonyl (C=O) groups is 1. The van der Waals surface area contributed by atoms with Crippen LogP contribution in [0.3, 0.4) is 0 Å². The minimum absolute atomic E-state index is 0.0349. The molecule has 2 aromatic rings. The van der Waals surface area contributed by atoms with Gasteiger partial charge in [-0.15, -0.1) is 0 Å². The molecule has 1 heterocycles. The highest BCUT2D eigenvalue weighted by molar-refractivity contribution is 5.98. The van der Waals surface area contributed by atoms with E-state index < -0.39 is 12.5 Å². The fraction of sp³-hybridized carbons (Fsp3) is 0.333. The molecule has 1 atom stereocenters. The molecular formula is C15H16FN5O5. The molecule has 0 fully saturated rings. The predicted octanol–water partition coefficient (Wildman–Crippen LogP) is -0.281. The van der Waals surface area contributed by atoms with Crippen LogP contribution in [0.15, 0.2) is 28.0 Å². The van der Waals surface area contributed by atoms with E-state index in [9.17, 15) is 14.4 Å². The molecule has 138 valence electrons. The number of hydrogen-bond donors (Lipinski definition) is 4. The van der Waals surface area contributed by atoms with E-state index in [1.807, 2.05) is 0 Å². The first kappa shape index (κ1) is 17.6. The molecule has 1 amide bonds. The van der Waals surface area contributed by atoms with E-state index in [0.29, 0.717) is 6.42 Å². The van der Waals surface area contributed by atoms with Crippen LogP contribution in [0.1, 0.15) is 22.9 Å². The van der Waals surface area contributed by atoms with Crippen LogP contribution in [0.4, 0.5) is 4.39 Å². The van der Waals surface area contributed by atoms with Crippen molar-refractivity contribution in [1.29, 1.82) is 0 Å². The van der Waals surface area contributed by atoms with E-state index >= 15 is 0 Å². The van der Waals surface area contributed by atoms with E-state index in [2.05, 4.69) is 30.7 Å². The maximum atomic E-state index is 13.4. The summed E-state index contributed by atoms with van der Waals surface area (Å²) in [6.45, 7) is -0.497. The van der Waals surface area contributed by atoms with Crippen molar-refractivity contribution in [2.24, 2.45) is 5.16 Å².